The Labute approximate surface area is 160 Å². The van der Waals surface area contributed by atoms with Gasteiger partial charge >= 0.3 is 5.97 Å². The molecule has 0 fully saturated rings. The van der Waals surface area contributed by atoms with Crippen LogP contribution in [-0.4, -0.2) is 42.0 Å². The highest BCUT2D eigenvalue weighted by atomic mass is 16.5. The van der Waals surface area contributed by atoms with Crippen molar-refractivity contribution in [1.29, 1.82) is 0 Å². The molecule has 2 rings (SSSR count). The zero-order valence-electron chi connectivity index (χ0n) is 16.1. The number of benzene rings is 1. The Kier molecular flexibility index (Phi) is 7.79. The normalized spacial score (nSPS) is 11.5. The highest BCUT2D eigenvalue weighted by molar-refractivity contribution is 5.80. The Morgan fingerprint density at radius 3 is 2.33 bits per heavy atom. The lowest BCUT2D eigenvalue weighted by Gasteiger charge is -2.25. The van der Waals surface area contributed by atoms with Crippen molar-refractivity contribution in [2.24, 2.45) is 5.92 Å². The van der Waals surface area contributed by atoms with Gasteiger partial charge in [0.05, 0.1) is 26.1 Å². The molecule has 6 nitrogen and oxygen atoms in total. The van der Waals surface area contributed by atoms with Crippen molar-refractivity contribution >= 4 is 11.9 Å². The summed E-state index contributed by atoms with van der Waals surface area (Å²) < 4.78 is 10.2. The molecule has 0 saturated carbocycles. The van der Waals surface area contributed by atoms with E-state index < -0.39 is 5.92 Å². The number of aromatic nitrogens is 1. The van der Waals surface area contributed by atoms with Crippen LogP contribution < -0.4 is 4.74 Å². The van der Waals surface area contributed by atoms with Gasteiger partial charge in [0.1, 0.15) is 5.75 Å². The van der Waals surface area contributed by atoms with Gasteiger partial charge in [-0.1, -0.05) is 19.1 Å². The molecular weight excluding hydrogens is 344 g/mol. The maximum atomic E-state index is 12.9. The van der Waals surface area contributed by atoms with Crippen LogP contribution in [0.15, 0.2) is 48.8 Å². The van der Waals surface area contributed by atoms with Crippen molar-refractivity contribution < 1.29 is 19.1 Å². The van der Waals surface area contributed by atoms with E-state index in [0.29, 0.717) is 19.7 Å². The van der Waals surface area contributed by atoms with Gasteiger partial charge in [-0.2, -0.15) is 0 Å². The van der Waals surface area contributed by atoms with E-state index in [1.807, 2.05) is 43.3 Å². The van der Waals surface area contributed by atoms with E-state index in [2.05, 4.69) is 4.98 Å². The standard InChI is InChI=1S/C21H26N2O4/c1-4-27-19-7-5-17(6-8-19)13-20(24)23(14-16(2)21(25)26-3)15-18-9-11-22-12-10-18/h5-12,16H,4,13-15H2,1-3H3. The molecular formula is C21H26N2O4. The summed E-state index contributed by atoms with van der Waals surface area (Å²) in [5.74, 6) is -0.00177. The van der Waals surface area contributed by atoms with E-state index >= 15 is 0 Å². The Morgan fingerprint density at radius 2 is 1.74 bits per heavy atom. The first-order chi connectivity index (χ1) is 13.0. The number of ether oxygens (including phenoxy) is 2. The second kappa shape index (κ2) is 10.3. The van der Waals surface area contributed by atoms with Crippen LogP contribution in [0.1, 0.15) is 25.0 Å². The van der Waals surface area contributed by atoms with Crippen molar-refractivity contribution in [2.75, 3.05) is 20.3 Å². The second-order valence-electron chi connectivity index (χ2n) is 6.31. The van der Waals surface area contributed by atoms with Crippen LogP contribution in [-0.2, 0) is 27.3 Å². The lowest BCUT2D eigenvalue weighted by Crippen LogP contribution is -2.37. The number of carbonyl (C=O) groups is 2. The third kappa shape index (κ3) is 6.40. The summed E-state index contributed by atoms with van der Waals surface area (Å²) in [4.78, 5) is 30.4. The molecule has 1 aromatic carbocycles. The van der Waals surface area contributed by atoms with Crippen LogP contribution in [0.25, 0.3) is 0 Å². The lowest BCUT2D eigenvalue weighted by molar-refractivity contribution is -0.146. The average Bonchev–Trinajstić information content (AvgIpc) is 2.69. The molecule has 27 heavy (non-hydrogen) atoms. The van der Waals surface area contributed by atoms with Crippen molar-refractivity contribution in [1.82, 2.24) is 9.88 Å². The monoisotopic (exact) mass is 370 g/mol. The Bertz CT molecular complexity index is 732. The first kappa shape index (κ1) is 20.4. The number of methoxy groups -OCH3 is 1. The van der Waals surface area contributed by atoms with Gasteiger partial charge in [0.15, 0.2) is 0 Å². The van der Waals surface area contributed by atoms with Crippen LogP contribution in [0.3, 0.4) is 0 Å². The topological polar surface area (TPSA) is 68.7 Å². The molecule has 1 heterocycles. The number of hydrogen-bond donors (Lipinski definition) is 0. The number of rotatable bonds is 9. The molecule has 0 aliphatic heterocycles. The van der Waals surface area contributed by atoms with Crippen LogP contribution in [0, 0.1) is 5.92 Å². The van der Waals surface area contributed by atoms with Gasteiger partial charge in [0.2, 0.25) is 5.91 Å². The van der Waals surface area contributed by atoms with Gasteiger partial charge < -0.3 is 14.4 Å². The van der Waals surface area contributed by atoms with Crippen molar-refractivity contribution in [3.63, 3.8) is 0 Å². The van der Waals surface area contributed by atoms with Crippen LogP contribution in [0.4, 0.5) is 0 Å². The molecule has 6 heteroatoms. The molecule has 2 aromatic rings. The number of esters is 1. The smallest absolute Gasteiger partial charge is 0.310 e. The molecule has 1 unspecified atom stereocenters. The summed E-state index contributed by atoms with van der Waals surface area (Å²) in [5.41, 5.74) is 1.86. The van der Waals surface area contributed by atoms with E-state index in [0.717, 1.165) is 16.9 Å². The fraction of sp³-hybridized carbons (Fsp3) is 0.381. The largest absolute Gasteiger partial charge is 0.494 e. The number of hydrogen-bond acceptors (Lipinski definition) is 5. The van der Waals surface area contributed by atoms with Crippen LogP contribution in [0.5, 0.6) is 5.75 Å². The summed E-state index contributed by atoms with van der Waals surface area (Å²) in [7, 11) is 1.35. The molecule has 0 aliphatic carbocycles. The molecule has 0 saturated heterocycles. The van der Waals surface area contributed by atoms with E-state index in [1.54, 1.807) is 24.2 Å². The summed E-state index contributed by atoms with van der Waals surface area (Å²) >= 11 is 0. The third-order valence-corrected chi connectivity index (χ3v) is 4.16. The molecule has 1 atom stereocenters. The minimum absolute atomic E-state index is 0.0493. The maximum absolute atomic E-state index is 12.9. The van der Waals surface area contributed by atoms with Crippen molar-refractivity contribution in [3.05, 3.63) is 59.9 Å². The molecule has 1 amide bonds. The Hall–Kier alpha value is -2.89. The average molecular weight is 370 g/mol. The predicted molar refractivity (Wildman–Crippen MR) is 102 cm³/mol. The number of nitrogens with zero attached hydrogens (tertiary/aromatic N) is 2. The van der Waals surface area contributed by atoms with Crippen LogP contribution in [0.2, 0.25) is 0 Å². The number of amides is 1. The Morgan fingerprint density at radius 1 is 1.07 bits per heavy atom. The summed E-state index contributed by atoms with van der Waals surface area (Å²) in [6.45, 7) is 5.00. The van der Waals surface area contributed by atoms with E-state index in [4.69, 9.17) is 9.47 Å². The first-order valence-corrected chi connectivity index (χ1v) is 8.99. The Balaban J connectivity index is 2.10. The van der Waals surface area contributed by atoms with Gasteiger partial charge in [0.25, 0.3) is 0 Å². The molecule has 0 aliphatic rings. The van der Waals surface area contributed by atoms with Gasteiger partial charge in [-0.15, -0.1) is 0 Å². The first-order valence-electron chi connectivity index (χ1n) is 8.99. The quantitative estimate of drug-likeness (QED) is 0.635. The molecule has 0 spiro atoms. The summed E-state index contributed by atoms with van der Waals surface area (Å²) in [6.07, 6.45) is 3.63. The highest BCUT2D eigenvalue weighted by Gasteiger charge is 2.22. The van der Waals surface area contributed by atoms with Crippen molar-refractivity contribution in [3.8, 4) is 5.75 Å². The molecule has 0 bridgehead atoms. The number of pyridine rings is 1. The SMILES string of the molecule is CCOc1ccc(CC(=O)N(Cc2ccncc2)CC(C)C(=O)OC)cc1. The van der Waals surface area contributed by atoms with Gasteiger partial charge in [-0.05, 0) is 42.3 Å². The fourth-order valence-corrected chi connectivity index (χ4v) is 2.73. The zero-order valence-corrected chi connectivity index (χ0v) is 16.1. The molecule has 0 radical (unpaired) electrons. The van der Waals surface area contributed by atoms with Crippen LogP contribution >= 0.6 is 0 Å². The van der Waals surface area contributed by atoms with E-state index in [9.17, 15) is 9.59 Å². The maximum Gasteiger partial charge on any atom is 0.310 e. The molecule has 144 valence electrons. The lowest BCUT2D eigenvalue weighted by atomic mass is 10.1. The minimum atomic E-state index is -0.402. The molecule has 0 N–H and O–H groups in total. The number of carbonyl (C=O) groups excluding carboxylic acids is 2. The third-order valence-electron chi connectivity index (χ3n) is 4.16. The van der Waals surface area contributed by atoms with Crippen molar-refractivity contribution in [2.45, 2.75) is 26.8 Å². The highest BCUT2D eigenvalue weighted by Crippen LogP contribution is 2.15. The molecule has 1 aromatic heterocycles. The summed E-state index contributed by atoms with van der Waals surface area (Å²) in [5, 5.41) is 0. The van der Waals surface area contributed by atoms with E-state index in [1.165, 1.54) is 7.11 Å². The summed E-state index contributed by atoms with van der Waals surface area (Å²) in [6, 6.07) is 11.2. The minimum Gasteiger partial charge on any atom is -0.494 e. The predicted octanol–water partition coefficient (Wildman–Crippen LogP) is 2.86. The zero-order chi connectivity index (χ0) is 19.6. The fourth-order valence-electron chi connectivity index (χ4n) is 2.73. The van der Waals surface area contributed by atoms with Gasteiger partial charge in [0, 0.05) is 25.5 Å². The van der Waals surface area contributed by atoms with Gasteiger partial charge in [-0.25, -0.2) is 0 Å². The van der Waals surface area contributed by atoms with Gasteiger partial charge in [-0.3, -0.25) is 14.6 Å². The second-order valence-corrected chi connectivity index (χ2v) is 6.31. The van der Waals surface area contributed by atoms with E-state index in [-0.39, 0.29) is 18.3 Å².